The number of carboxylic acids is 1. The van der Waals surface area contributed by atoms with E-state index < -0.39 is 17.8 Å². The van der Waals surface area contributed by atoms with E-state index in [0.717, 1.165) is 17.8 Å². The van der Waals surface area contributed by atoms with Gasteiger partial charge < -0.3 is 10.4 Å². The molecule has 2 aliphatic rings. The Kier molecular flexibility index (Phi) is 2.77. The summed E-state index contributed by atoms with van der Waals surface area (Å²) in [7, 11) is 0. The molecule has 2 atom stereocenters. The fourth-order valence-electron chi connectivity index (χ4n) is 2.09. The van der Waals surface area contributed by atoms with Gasteiger partial charge in [-0.25, -0.2) is 0 Å². The molecule has 1 heterocycles. The molecule has 2 N–H and O–H groups in total. The van der Waals surface area contributed by atoms with E-state index in [-0.39, 0.29) is 5.91 Å². The maximum Gasteiger partial charge on any atom is 0.307 e. The van der Waals surface area contributed by atoms with E-state index >= 15 is 0 Å². The van der Waals surface area contributed by atoms with Gasteiger partial charge in [0, 0.05) is 5.92 Å². The van der Waals surface area contributed by atoms with Crippen molar-refractivity contribution in [1.29, 1.82) is 0 Å². The number of aliphatic carboxylic acids is 1. The molecule has 96 valence electrons. The summed E-state index contributed by atoms with van der Waals surface area (Å²) in [6.45, 7) is 0. The maximum absolute atomic E-state index is 11.9. The van der Waals surface area contributed by atoms with Gasteiger partial charge in [0.15, 0.2) is 0 Å². The monoisotopic (exact) mass is 267 g/mol. The second-order valence-electron chi connectivity index (χ2n) is 4.84. The fourth-order valence-corrected chi connectivity index (χ4v) is 3.00. The molecular weight excluding hydrogens is 254 g/mol. The Labute approximate surface area is 107 Å². The highest BCUT2D eigenvalue weighted by molar-refractivity contribution is 7.15. The zero-order valence-electron chi connectivity index (χ0n) is 9.63. The molecule has 2 saturated carbocycles. The van der Waals surface area contributed by atoms with E-state index in [1.54, 1.807) is 0 Å². The van der Waals surface area contributed by atoms with Gasteiger partial charge in [0.2, 0.25) is 11.0 Å². The van der Waals surface area contributed by atoms with E-state index in [1.807, 2.05) is 0 Å². The van der Waals surface area contributed by atoms with Crippen molar-refractivity contribution in [3.8, 4) is 0 Å². The summed E-state index contributed by atoms with van der Waals surface area (Å²) in [5.41, 5.74) is 0. The molecule has 0 saturated heterocycles. The molecule has 2 fully saturated rings. The van der Waals surface area contributed by atoms with Crippen LogP contribution in [-0.2, 0) is 9.59 Å². The summed E-state index contributed by atoms with van der Waals surface area (Å²) in [6, 6.07) is 0. The highest BCUT2D eigenvalue weighted by Crippen LogP contribution is 2.42. The van der Waals surface area contributed by atoms with Gasteiger partial charge in [-0.2, -0.15) is 0 Å². The van der Waals surface area contributed by atoms with E-state index in [2.05, 4.69) is 15.5 Å². The third-order valence-electron chi connectivity index (χ3n) is 3.53. The van der Waals surface area contributed by atoms with Crippen LogP contribution in [0.1, 0.15) is 36.6 Å². The SMILES string of the molecule is O=C(Nc1nnc(C2CC2)s1)[C@H]1CC[C@H]1C(=O)O. The van der Waals surface area contributed by atoms with Crippen LogP contribution in [0.15, 0.2) is 0 Å². The second-order valence-corrected chi connectivity index (χ2v) is 5.85. The lowest BCUT2D eigenvalue weighted by Gasteiger charge is -2.31. The number of carbonyl (C=O) groups is 2. The minimum Gasteiger partial charge on any atom is -0.481 e. The Morgan fingerprint density at radius 1 is 1.17 bits per heavy atom. The second kappa shape index (κ2) is 4.31. The first-order valence-electron chi connectivity index (χ1n) is 6.02. The lowest BCUT2D eigenvalue weighted by atomic mass is 9.73. The number of aromatic nitrogens is 2. The van der Waals surface area contributed by atoms with Gasteiger partial charge in [-0.15, -0.1) is 10.2 Å². The van der Waals surface area contributed by atoms with Gasteiger partial charge in [-0.1, -0.05) is 11.3 Å². The van der Waals surface area contributed by atoms with Crippen LogP contribution in [0.4, 0.5) is 5.13 Å². The van der Waals surface area contributed by atoms with Crippen molar-refractivity contribution in [2.24, 2.45) is 11.8 Å². The van der Waals surface area contributed by atoms with Crippen molar-refractivity contribution in [3.63, 3.8) is 0 Å². The van der Waals surface area contributed by atoms with Gasteiger partial charge >= 0.3 is 5.97 Å². The molecule has 1 amide bonds. The van der Waals surface area contributed by atoms with Gasteiger partial charge in [0.25, 0.3) is 0 Å². The smallest absolute Gasteiger partial charge is 0.307 e. The number of rotatable bonds is 4. The first-order chi connectivity index (χ1) is 8.65. The predicted molar refractivity (Wildman–Crippen MR) is 64.4 cm³/mol. The molecular formula is C11H13N3O3S. The van der Waals surface area contributed by atoms with Crippen LogP contribution in [0.2, 0.25) is 0 Å². The maximum atomic E-state index is 11.9. The number of carbonyl (C=O) groups excluding carboxylic acids is 1. The van der Waals surface area contributed by atoms with Crippen molar-refractivity contribution in [1.82, 2.24) is 10.2 Å². The minimum atomic E-state index is -0.891. The third kappa shape index (κ3) is 2.10. The summed E-state index contributed by atoms with van der Waals surface area (Å²) in [4.78, 5) is 22.7. The van der Waals surface area contributed by atoms with Gasteiger partial charge in [-0.05, 0) is 25.7 Å². The first kappa shape index (κ1) is 11.6. The predicted octanol–water partition coefficient (Wildman–Crippen LogP) is 1.46. The quantitative estimate of drug-likeness (QED) is 0.861. The molecule has 18 heavy (non-hydrogen) atoms. The molecule has 1 aromatic heterocycles. The zero-order chi connectivity index (χ0) is 12.7. The largest absolute Gasteiger partial charge is 0.481 e. The van der Waals surface area contributed by atoms with Crippen LogP contribution in [0.25, 0.3) is 0 Å². The summed E-state index contributed by atoms with van der Waals surface area (Å²) in [5, 5.41) is 21.0. The number of hydrogen-bond donors (Lipinski definition) is 2. The van der Waals surface area contributed by atoms with E-state index in [9.17, 15) is 9.59 Å². The Bertz CT molecular complexity index is 497. The standard InChI is InChI=1S/C11H13N3O3S/c15-8(6-3-4-7(6)10(16)17)12-11-14-13-9(18-11)5-1-2-5/h5-7H,1-4H2,(H,16,17)(H,12,14,15)/t6-,7+/m0/s1. The Morgan fingerprint density at radius 2 is 1.89 bits per heavy atom. The summed E-state index contributed by atoms with van der Waals surface area (Å²) in [6.07, 6.45) is 3.51. The molecule has 0 aromatic carbocycles. The number of anilines is 1. The number of amides is 1. The number of nitrogens with zero attached hydrogens (tertiary/aromatic N) is 2. The summed E-state index contributed by atoms with van der Waals surface area (Å²) < 4.78 is 0. The van der Waals surface area contributed by atoms with Crippen LogP contribution < -0.4 is 5.32 Å². The molecule has 0 spiro atoms. The highest BCUT2D eigenvalue weighted by Gasteiger charge is 2.41. The van der Waals surface area contributed by atoms with Crippen molar-refractivity contribution >= 4 is 28.3 Å². The average molecular weight is 267 g/mol. The third-order valence-corrected chi connectivity index (χ3v) is 4.53. The van der Waals surface area contributed by atoms with Gasteiger partial charge in [0.1, 0.15) is 5.01 Å². The highest BCUT2D eigenvalue weighted by atomic mass is 32.1. The van der Waals surface area contributed by atoms with Crippen LogP contribution in [0.3, 0.4) is 0 Å². The normalized spacial score (nSPS) is 26.4. The minimum absolute atomic E-state index is 0.243. The molecule has 0 radical (unpaired) electrons. The van der Waals surface area contributed by atoms with Crippen LogP contribution in [0, 0.1) is 11.8 Å². The Hall–Kier alpha value is -1.50. The molecule has 0 bridgehead atoms. The van der Waals surface area contributed by atoms with E-state index in [0.29, 0.717) is 23.9 Å². The van der Waals surface area contributed by atoms with Crippen LogP contribution >= 0.6 is 11.3 Å². The molecule has 3 rings (SSSR count). The molecule has 0 unspecified atom stereocenters. The van der Waals surface area contributed by atoms with E-state index in [1.165, 1.54) is 11.3 Å². The molecule has 1 aromatic rings. The molecule has 2 aliphatic carbocycles. The van der Waals surface area contributed by atoms with Crippen LogP contribution in [0.5, 0.6) is 0 Å². The molecule has 7 heteroatoms. The fraction of sp³-hybridized carbons (Fsp3) is 0.636. The Morgan fingerprint density at radius 3 is 2.44 bits per heavy atom. The molecule has 6 nitrogen and oxygen atoms in total. The topological polar surface area (TPSA) is 92.2 Å². The summed E-state index contributed by atoms with van der Waals surface area (Å²) in [5.74, 6) is -1.58. The lowest BCUT2D eigenvalue weighted by molar-refractivity contribution is -0.151. The van der Waals surface area contributed by atoms with Gasteiger partial charge in [-0.3, -0.25) is 9.59 Å². The number of nitrogens with one attached hydrogen (secondary N) is 1. The van der Waals surface area contributed by atoms with Crippen LogP contribution in [-0.4, -0.2) is 27.2 Å². The van der Waals surface area contributed by atoms with Crippen molar-refractivity contribution in [2.75, 3.05) is 5.32 Å². The van der Waals surface area contributed by atoms with Crippen molar-refractivity contribution in [3.05, 3.63) is 5.01 Å². The van der Waals surface area contributed by atoms with Gasteiger partial charge in [0.05, 0.1) is 11.8 Å². The van der Waals surface area contributed by atoms with Crippen molar-refractivity contribution in [2.45, 2.75) is 31.6 Å². The molecule has 0 aliphatic heterocycles. The van der Waals surface area contributed by atoms with Crippen molar-refractivity contribution < 1.29 is 14.7 Å². The van der Waals surface area contributed by atoms with E-state index in [4.69, 9.17) is 5.11 Å². The zero-order valence-corrected chi connectivity index (χ0v) is 10.4. The number of carboxylic acid groups (broad SMARTS) is 1. The Balaban J connectivity index is 1.61. The number of hydrogen-bond acceptors (Lipinski definition) is 5. The summed E-state index contributed by atoms with van der Waals surface area (Å²) >= 11 is 1.39. The average Bonchev–Trinajstić information content (AvgIpc) is 2.98. The first-order valence-corrected chi connectivity index (χ1v) is 6.84. The lowest BCUT2D eigenvalue weighted by Crippen LogP contribution is -2.41.